The van der Waals surface area contributed by atoms with E-state index in [9.17, 15) is 18.0 Å². The molecule has 0 aliphatic heterocycles. The van der Waals surface area contributed by atoms with E-state index in [1.165, 1.54) is 0 Å². The summed E-state index contributed by atoms with van der Waals surface area (Å²) in [5.74, 6) is -1.27. The molecule has 0 amide bonds. The van der Waals surface area contributed by atoms with Gasteiger partial charge in [0, 0.05) is 6.61 Å². The van der Waals surface area contributed by atoms with E-state index in [0.717, 1.165) is 0 Å². The Hall–Kier alpha value is -0.780. The molecule has 1 atom stereocenters. The molecule has 0 rings (SSSR count). The molecule has 0 aromatic rings. The lowest BCUT2D eigenvalue weighted by Gasteiger charge is -2.12. The first-order chi connectivity index (χ1) is 6.35. The molecule has 0 aliphatic rings. The normalized spacial score (nSPS) is 13.8. The largest absolute Gasteiger partial charge is 0.463 e. The van der Waals surface area contributed by atoms with Crippen LogP contribution in [0.1, 0.15) is 20.3 Å². The van der Waals surface area contributed by atoms with Crippen LogP contribution in [0.2, 0.25) is 0 Å². The quantitative estimate of drug-likeness (QED) is 0.656. The highest BCUT2D eigenvalue weighted by atomic mass is 19.4. The molecule has 1 unspecified atom stereocenters. The van der Waals surface area contributed by atoms with Crippen LogP contribution in [0.5, 0.6) is 0 Å². The zero-order chi connectivity index (χ0) is 11.2. The van der Waals surface area contributed by atoms with Crippen molar-refractivity contribution in [3.05, 3.63) is 0 Å². The molecule has 0 bridgehead atoms. The molecule has 0 aromatic heterocycles. The second-order valence-corrected chi connectivity index (χ2v) is 2.74. The summed E-state index contributed by atoms with van der Waals surface area (Å²) in [4.78, 5) is 10.6. The summed E-state index contributed by atoms with van der Waals surface area (Å²) in [6.07, 6.45) is -6.44. The van der Waals surface area contributed by atoms with Gasteiger partial charge in [-0.15, -0.1) is 0 Å². The van der Waals surface area contributed by atoms with E-state index in [-0.39, 0.29) is 12.7 Å². The van der Waals surface area contributed by atoms with Crippen LogP contribution in [-0.4, -0.2) is 31.5 Å². The van der Waals surface area contributed by atoms with Crippen molar-refractivity contribution < 1.29 is 27.4 Å². The van der Waals surface area contributed by atoms with Gasteiger partial charge in [-0.25, -0.2) is 0 Å². The van der Waals surface area contributed by atoms with Crippen LogP contribution in [-0.2, 0) is 14.3 Å². The molecule has 14 heavy (non-hydrogen) atoms. The van der Waals surface area contributed by atoms with Gasteiger partial charge in [-0.05, 0) is 13.8 Å². The summed E-state index contributed by atoms with van der Waals surface area (Å²) < 4.78 is 44.3. The maximum Gasteiger partial charge on any atom is 0.399 e. The molecule has 0 spiro atoms. The van der Waals surface area contributed by atoms with Crippen LogP contribution in [0.15, 0.2) is 0 Å². The number of hydrogen-bond acceptors (Lipinski definition) is 3. The van der Waals surface area contributed by atoms with E-state index in [4.69, 9.17) is 4.74 Å². The fourth-order valence-corrected chi connectivity index (χ4v) is 0.758. The Labute approximate surface area is 80.2 Å². The second kappa shape index (κ2) is 5.85. The van der Waals surface area contributed by atoms with Gasteiger partial charge < -0.3 is 9.47 Å². The Kier molecular flexibility index (Phi) is 5.52. The molecule has 0 saturated heterocycles. The van der Waals surface area contributed by atoms with Gasteiger partial charge >= 0.3 is 12.1 Å². The van der Waals surface area contributed by atoms with Gasteiger partial charge in [0.25, 0.3) is 0 Å². The van der Waals surface area contributed by atoms with Crippen LogP contribution in [0.4, 0.5) is 13.2 Å². The molecule has 0 aromatic carbocycles. The highest BCUT2D eigenvalue weighted by Gasteiger charge is 2.32. The maximum atomic E-state index is 11.6. The van der Waals surface area contributed by atoms with Crippen molar-refractivity contribution >= 4 is 5.97 Å². The molecule has 84 valence electrons. The lowest BCUT2D eigenvalue weighted by atomic mass is 10.4. The molecule has 3 nitrogen and oxygen atoms in total. The molecule has 0 heterocycles. The van der Waals surface area contributed by atoms with Gasteiger partial charge in [-0.2, -0.15) is 13.2 Å². The number of rotatable bonds is 5. The molecule has 0 N–H and O–H groups in total. The van der Waals surface area contributed by atoms with Crippen LogP contribution < -0.4 is 0 Å². The SMILES string of the molecule is CCOC(C)COC(=O)CC(F)(F)F. The summed E-state index contributed by atoms with van der Waals surface area (Å²) in [7, 11) is 0. The fraction of sp³-hybridized carbons (Fsp3) is 0.875. The highest BCUT2D eigenvalue weighted by molar-refractivity contribution is 5.70. The van der Waals surface area contributed by atoms with Crippen LogP contribution >= 0.6 is 0 Å². The predicted octanol–water partition coefficient (Wildman–Crippen LogP) is 1.91. The molecular weight excluding hydrogens is 201 g/mol. The van der Waals surface area contributed by atoms with Gasteiger partial charge in [0.2, 0.25) is 0 Å². The van der Waals surface area contributed by atoms with E-state index >= 15 is 0 Å². The van der Waals surface area contributed by atoms with Crippen molar-refractivity contribution in [2.75, 3.05) is 13.2 Å². The van der Waals surface area contributed by atoms with Crippen LogP contribution in [0, 0.1) is 0 Å². The highest BCUT2D eigenvalue weighted by Crippen LogP contribution is 2.19. The van der Waals surface area contributed by atoms with Gasteiger partial charge in [-0.1, -0.05) is 0 Å². The summed E-state index contributed by atoms with van der Waals surface area (Å²) >= 11 is 0. The van der Waals surface area contributed by atoms with Gasteiger partial charge in [-0.3, -0.25) is 4.79 Å². The zero-order valence-electron chi connectivity index (χ0n) is 8.06. The number of halogens is 3. The number of carbonyl (C=O) groups is 1. The number of carbonyl (C=O) groups excluding carboxylic acids is 1. The van der Waals surface area contributed by atoms with E-state index in [1.54, 1.807) is 13.8 Å². The Bertz CT molecular complexity index is 179. The summed E-state index contributed by atoms with van der Waals surface area (Å²) in [6.45, 7) is 3.64. The zero-order valence-corrected chi connectivity index (χ0v) is 8.06. The minimum atomic E-state index is -4.51. The first-order valence-electron chi connectivity index (χ1n) is 4.19. The minimum Gasteiger partial charge on any atom is -0.463 e. The van der Waals surface area contributed by atoms with Gasteiger partial charge in [0.1, 0.15) is 13.0 Å². The Morgan fingerprint density at radius 1 is 1.43 bits per heavy atom. The topological polar surface area (TPSA) is 35.5 Å². The third kappa shape index (κ3) is 7.85. The average Bonchev–Trinajstić information content (AvgIpc) is 1.98. The van der Waals surface area contributed by atoms with Crippen molar-refractivity contribution in [3.8, 4) is 0 Å². The van der Waals surface area contributed by atoms with E-state index in [2.05, 4.69) is 4.74 Å². The van der Waals surface area contributed by atoms with Crippen molar-refractivity contribution in [3.63, 3.8) is 0 Å². The van der Waals surface area contributed by atoms with Crippen molar-refractivity contribution in [1.29, 1.82) is 0 Å². The van der Waals surface area contributed by atoms with Crippen molar-refractivity contribution in [2.45, 2.75) is 32.5 Å². The lowest BCUT2D eigenvalue weighted by Crippen LogP contribution is -2.22. The molecule has 0 saturated carbocycles. The molecule has 0 radical (unpaired) electrons. The molecule has 0 aliphatic carbocycles. The lowest BCUT2D eigenvalue weighted by molar-refractivity contribution is -0.173. The number of hydrogen-bond donors (Lipinski definition) is 0. The summed E-state index contributed by atoms with van der Waals surface area (Å²) in [6, 6.07) is 0. The van der Waals surface area contributed by atoms with Gasteiger partial charge in [0.15, 0.2) is 0 Å². The predicted molar refractivity (Wildman–Crippen MR) is 42.7 cm³/mol. The Morgan fingerprint density at radius 3 is 2.43 bits per heavy atom. The summed E-state index contributed by atoms with van der Waals surface area (Å²) in [5, 5.41) is 0. The van der Waals surface area contributed by atoms with E-state index < -0.39 is 18.6 Å². The maximum absolute atomic E-state index is 11.6. The Balaban J connectivity index is 3.64. The smallest absolute Gasteiger partial charge is 0.399 e. The third-order valence-corrected chi connectivity index (χ3v) is 1.27. The number of ether oxygens (including phenoxy) is 2. The van der Waals surface area contributed by atoms with Crippen LogP contribution in [0.25, 0.3) is 0 Å². The summed E-state index contributed by atoms with van der Waals surface area (Å²) in [5.41, 5.74) is 0. The van der Waals surface area contributed by atoms with Crippen LogP contribution in [0.3, 0.4) is 0 Å². The fourth-order valence-electron chi connectivity index (χ4n) is 0.758. The number of esters is 1. The first-order valence-corrected chi connectivity index (χ1v) is 4.19. The first kappa shape index (κ1) is 13.2. The second-order valence-electron chi connectivity index (χ2n) is 2.74. The monoisotopic (exact) mass is 214 g/mol. The molecule has 6 heteroatoms. The molecular formula is C8H13F3O3. The average molecular weight is 214 g/mol. The van der Waals surface area contributed by atoms with Crippen molar-refractivity contribution in [1.82, 2.24) is 0 Å². The van der Waals surface area contributed by atoms with Crippen molar-refractivity contribution in [2.24, 2.45) is 0 Å². The minimum absolute atomic E-state index is 0.150. The number of alkyl halides is 3. The third-order valence-electron chi connectivity index (χ3n) is 1.27. The van der Waals surface area contributed by atoms with Gasteiger partial charge in [0.05, 0.1) is 6.10 Å². The Morgan fingerprint density at radius 2 is 2.00 bits per heavy atom. The standard InChI is InChI=1S/C8H13F3O3/c1-3-13-6(2)5-14-7(12)4-8(9,10)11/h6H,3-5H2,1-2H3. The van der Waals surface area contributed by atoms with E-state index in [0.29, 0.717) is 6.61 Å². The molecule has 0 fully saturated rings. The van der Waals surface area contributed by atoms with E-state index in [1.807, 2.05) is 0 Å².